The Morgan fingerprint density at radius 2 is 1.78 bits per heavy atom. The van der Waals surface area contributed by atoms with Crippen LogP contribution in [-0.4, -0.2) is 74.4 Å². The number of hydrogen-bond acceptors (Lipinski definition) is 6. The van der Waals surface area contributed by atoms with Gasteiger partial charge in [-0.2, -0.15) is 0 Å². The molecule has 3 aromatic rings. The maximum absolute atomic E-state index is 13.5. The van der Waals surface area contributed by atoms with Crippen LogP contribution in [0.25, 0.3) is 11.0 Å². The lowest BCUT2D eigenvalue weighted by Gasteiger charge is -2.30. The Morgan fingerprint density at radius 1 is 1.06 bits per heavy atom. The third-order valence-corrected chi connectivity index (χ3v) is 5.86. The zero-order valence-electron chi connectivity index (χ0n) is 19.0. The van der Waals surface area contributed by atoms with Crippen LogP contribution in [0.15, 0.2) is 47.5 Å². The SMILES string of the molecule is CN=C1C(c2nc3ccccc3[nH]2)C(=O)CCN(C)CCN1c1cc(OC)cc(OC)c1. The number of nitrogens with one attached hydrogen (secondary N) is 1. The van der Waals surface area contributed by atoms with Crippen LogP contribution >= 0.6 is 0 Å². The second-order valence-corrected chi connectivity index (χ2v) is 7.90. The lowest BCUT2D eigenvalue weighted by atomic mass is 9.97. The predicted molar refractivity (Wildman–Crippen MR) is 126 cm³/mol. The number of amidine groups is 1. The van der Waals surface area contributed by atoms with Crippen molar-refractivity contribution in [1.82, 2.24) is 14.9 Å². The molecular formula is C24H29N5O3. The van der Waals surface area contributed by atoms with Crippen LogP contribution in [0.1, 0.15) is 18.2 Å². The summed E-state index contributed by atoms with van der Waals surface area (Å²) in [6.45, 7) is 2.12. The molecular weight excluding hydrogens is 406 g/mol. The minimum atomic E-state index is -0.601. The first-order valence-electron chi connectivity index (χ1n) is 10.7. The van der Waals surface area contributed by atoms with Crippen molar-refractivity contribution in [2.45, 2.75) is 12.3 Å². The highest BCUT2D eigenvalue weighted by Crippen LogP contribution is 2.32. The van der Waals surface area contributed by atoms with E-state index in [-0.39, 0.29) is 5.78 Å². The van der Waals surface area contributed by atoms with Crippen LogP contribution in [0.2, 0.25) is 0 Å². The molecule has 1 aliphatic heterocycles. The number of anilines is 1. The molecule has 0 amide bonds. The molecule has 32 heavy (non-hydrogen) atoms. The molecule has 0 saturated carbocycles. The molecule has 2 heterocycles. The minimum absolute atomic E-state index is 0.0817. The van der Waals surface area contributed by atoms with Gasteiger partial charge in [-0.25, -0.2) is 4.98 Å². The molecule has 0 radical (unpaired) electrons. The standard InChI is InChI=1S/C24H29N5O3/c1-25-24-22(23-26-19-7-5-6-8-20(19)27-23)21(30)9-10-28(2)11-12-29(24)16-13-17(31-3)15-18(14-16)32-4/h5-8,13-15,22H,9-12H2,1-4H3,(H,26,27). The average Bonchev–Trinajstić information content (AvgIpc) is 3.26. The molecule has 4 rings (SSSR count). The topological polar surface area (TPSA) is 83.1 Å². The number of fused-ring (bicyclic) bond motifs is 1. The van der Waals surface area contributed by atoms with E-state index in [2.05, 4.69) is 19.8 Å². The fourth-order valence-electron chi connectivity index (χ4n) is 4.09. The zero-order chi connectivity index (χ0) is 22.7. The Labute approximate surface area is 187 Å². The fourth-order valence-corrected chi connectivity index (χ4v) is 4.09. The molecule has 1 saturated heterocycles. The van der Waals surface area contributed by atoms with Crippen molar-refractivity contribution in [2.75, 3.05) is 52.8 Å². The van der Waals surface area contributed by atoms with Crippen LogP contribution in [0.3, 0.4) is 0 Å². The van der Waals surface area contributed by atoms with Crippen molar-refractivity contribution in [3.63, 3.8) is 0 Å². The van der Waals surface area contributed by atoms with E-state index in [1.54, 1.807) is 21.3 Å². The number of methoxy groups -OCH3 is 2. The number of benzene rings is 2. The van der Waals surface area contributed by atoms with Gasteiger partial charge in [0.1, 0.15) is 29.1 Å². The Balaban J connectivity index is 1.85. The van der Waals surface area contributed by atoms with Crippen molar-refractivity contribution in [3.05, 3.63) is 48.3 Å². The van der Waals surface area contributed by atoms with E-state index in [1.807, 2.05) is 49.5 Å². The summed E-state index contributed by atoms with van der Waals surface area (Å²) in [5.41, 5.74) is 2.58. The number of imidazole rings is 1. The Morgan fingerprint density at radius 3 is 2.44 bits per heavy atom. The highest BCUT2D eigenvalue weighted by molar-refractivity contribution is 6.15. The summed E-state index contributed by atoms with van der Waals surface area (Å²) in [4.78, 5) is 30.5. The maximum Gasteiger partial charge on any atom is 0.152 e. The second-order valence-electron chi connectivity index (χ2n) is 7.90. The maximum atomic E-state index is 13.5. The third kappa shape index (κ3) is 4.31. The molecule has 8 heteroatoms. The number of Topliss-reactive ketones (excluding diaryl/α,β-unsaturated/α-hetero) is 1. The Hall–Kier alpha value is -3.39. The largest absolute Gasteiger partial charge is 0.497 e. The van der Waals surface area contributed by atoms with Gasteiger partial charge in [0.05, 0.1) is 25.3 Å². The van der Waals surface area contributed by atoms with Gasteiger partial charge in [-0.1, -0.05) is 12.1 Å². The van der Waals surface area contributed by atoms with E-state index < -0.39 is 5.92 Å². The number of rotatable bonds is 4. The number of H-pyrrole nitrogens is 1. The predicted octanol–water partition coefficient (Wildman–Crippen LogP) is 3.10. The van der Waals surface area contributed by atoms with Crippen molar-refractivity contribution < 1.29 is 14.3 Å². The van der Waals surface area contributed by atoms with Crippen molar-refractivity contribution in [1.29, 1.82) is 0 Å². The van der Waals surface area contributed by atoms with Gasteiger partial charge in [-0.15, -0.1) is 0 Å². The van der Waals surface area contributed by atoms with E-state index in [1.165, 1.54) is 0 Å². The molecule has 1 aromatic heterocycles. The average molecular weight is 436 g/mol. The lowest BCUT2D eigenvalue weighted by molar-refractivity contribution is -0.119. The van der Waals surface area contributed by atoms with Gasteiger partial charge in [-0.3, -0.25) is 9.79 Å². The van der Waals surface area contributed by atoms with Crippen molar-refractivity contribution >= 4 is 28.3 Å². The monoisotopic (exact) mass is 435 g/mol. The van der Waals surface area contributed by atoms with Gasteiger partial charge >= 0.3 is 0 Å². The molecule has 1 N–H and O–H groups in total. The number of ketones is 1. The number of aromatic nitrogens is 2. The Kier molecular flexibility index (Phi) is 6.41. The number of hydrogen-bond donors (Lipinski definition) is 1. The van der Waals surface area contributed by atoms with Crippen LogP contribution < -0.4 is 14.4 Å². The molecule has 1 atom stereocenters. The van der Waals surface area contributed by atoms with Crippen molar-refractivity contribution in [3.8, 4) is 11.5 Å². The van der Waals surface area contributed by atoms with Gasteiger partial charge in [0, 0.05) is 57.0 Å². The normalized spacial score (nSPS) is 19.6. The number of carbonyl (C=O) groups is 1. The van der Waals surface area contributed by atoms with E-state index in [0.717, 1.165) is 23.3 Å². The summed E-state index contributed by atoms with van der Waals surface area (Å²) in [5.74, 6) is 2.10. The number of ether oxygens (including phenoxy) is 2. The van der Waals surface area contributed by atoms with Gasteiger partial charge < -0.3 is 24.3 Å². The van der Waals surface area contributed by atoms with E-state index >= 15 is 0 Å². The van der Waals surface area contributed by atoms with Gasteiger partial charge in [0.25, 0.3) is 0 Å². The molecule has 168 valence electrons. The van der Waals surface area contributed by atoms with E-state index in [9.17, 15) is 4.79 Å². The molecule has 8 nitrogen and oxygen atoms in total. The van der Waals surface area contributed by atoms with Gasteiger partial charge in [-0.05, 0) is 19.2 Å². The smallest absolute Gasteiger partial charge is 0.152 e. The van der Waals surface area contributed by atoms with E-state index in [0.29, 0.717) is 42.7 Å². The minimum Gasteiger partial charge on any atom is -0.497 e. The summed E-state index contributed by atoms with van der Waals surface area (Å²) in [6, 6.07) is 13.5. The quantitative estimate of drug-likeness (QED) is 0.678. The second kappa shape index (κ2) is 9.40. The molecule has 0 spiro atoms. The Bertz CT molecular complexity index is 1080. The van der Waals surface area contributed by atoms with Crippen molar-refractivity contribution in [2.24, 2.45) is 4.99 Å². The molecule has 1 unspecified atom stereocenters. The fraction of sp³-hybridized carbons (Fsp3) is 0.375. The molecule has 1 aliphatic rings. The summed E-state index contributed by atoms with van der Waals surface area (Å²) in [5, 5.41) is 0. The zero-order valence-corrected chi connectivity index (χ0v) is 19.0. The highest BCUT2D eigenvalue weighted by Gasteiger charge is 2.34. The molecule has 0 bridgehead atoms. The highest BCUT2D eigenvalue weighted by atomic mass is 16.5. The van der Waals surface area contributed by atoms with Gasteiger partial charge in [0.2, 0.25) is 0 Å². The number of carbonyl (C=O) groups excluding carboxylic acids is 1. The number of para-hydroxylation sites is 2. The summed E-state index contributed by atoms with van der Waals surface area (Å²) in [6.07, 6.45) is 0.423. The number of aromatic amines is 1. The summed E-state index contributed by atoms with van der Waals surface area (Å²) >= 11 is 0. The first kappa shape index (κ1) is 21.8. The van der Waals surface area contributed by atoms with Gasteiger partial charge in [0.15, 0.2) is 5.78 Å². The number of likely N-dealkylation sites (N-methyl/N-ethyl adjacent to an activating group) is 1. The van der Waals surface area contributed by atoms with Crippen LogP contribution in [0.4, 0.5) is 5.69 Å². The van der Waals surface area contributed by atoms with Crippen LogP contribution in [-0.2, 0) is 4.79 Å². The van der Waals surface area contributed by atoms with E-state index in [4.69, 9.17) is 14.5 Å². The lowest BCUT2D eigenvalue weighted by Crippen LogP contribution is -2.41. The third-order valence-electron chi connectivity index (χ3n) is 5.86. The number of nitrogens with zero attached hydrogens (tertiary/aromatic N) is 4. The summed E-state index contributed by atoms with van der Waals surface area (Å²) in [7, 11) is 7.01. The number of aliphatic imine (C=N–C) groups is 1. The molecule has 2 aromatic carbocycles. The summed E-state index contributed by atoms with van der Waals surface area (Å²) < 4.78 is 11.0. The first-order valence-corrected chi connectivity index (χ1v) is 10.7. The molecule has 0 aliphatic carbocycles. The van der Waals surface area contributed by atoms with Crippen LogP contribution in [0.5, 0.6) is 11.5 Å². The molecule has 1 fully saturated rings. The first-order chi connectivity index (χ1) is 15.5. The van der Waals surface area contributed by atoms with Crippen LogP contribution in [0, 0.1) is 0 Å².